The summed E-state index contributed by atoms with van der Waals surface area (Å²) in [7, 11) is 0. The van der Waals surface area contributed by atoms with E-state index in [0.29, 0.717) is 19.3 Å². The van der Waals surface area contributed by atoms with Gasteiger partial charge in [0.15, 0.2) is 0 Å². The molecule has 0 aromatic rings. The molecular weight excluding hydrogens is 208 g/mol. The van der Waals surface area contributed by atoms with Crippen LogP contribution in [0.15, 0.2) is 0 Å². The third-order valence-electron chi connectivity index (χ3n) is 2.62. The molecule has 5 nitrogen and oxygen atoms in total. The highest BCUT2D eigenvalue weighted by Gasteiger charge is 2.15. The number of rotatable bonds is 6. The molecular formula is C11H22N2O3. The highest BCUT2D eigenvalue weighted by atomic mass is 16.6. The van der Waals surface area contributed by atoms with Gasteiger partial charge in [-0.1, -0.05) is 0 Å². The lowest BCUT2D eigenvalue weighted by molar-refractivity contribution is -0.148. The average molecular weight is 230 g/mol. The van der Waals surface area contributed by atoms with Crippen LogP contribution in [0, 0.1) is 0 Å². The van der Waals surface area contributed by atoms with Crippen molar-refractivity contribution in [2.24, 2.45) is 5.73 Å². The summed E-state index contributed by atoms with van der Waals surface area (Å²) < 4.78 is 9.98. The number of nitrogens with two attached hydrogens (primary N) is 1. The smallest absolute Gasteiger partial charge is 0.332 e. The third kappa shape index (κ3) is 5.44. The van der Waals surface area contributed by atoms with Gasteiger partial charge in [0.1, 0.15) is 6.61 Å². The highest BCUT2D eigenvalue weighted by molar-refractivity contribution is 5.70. The molecule has 1 heterocycles. The van der Waals surface area contributed by atoms with Crippen LogP contribution in [0.5, 0.6) is 0 Å². The normalized spacial score (nSPS) is 22.0. The minimum Gasteiger partial charge on any atom is -0.464 e. The molecule has 1 aliphatic heterocycles. The summed E-state index contributed by atoms with van der Waals surface area (Å²) in [6.45, 7) is 5.65. The van der Waals surface area contributed by atoms with Crippen molar-refractivity contribution in [1.29, 1.82) is 0 Å². The Kier molecular flexibility index (Phi) is 6.37. The zero-order valence-electron chi connectivity index (χ0n) is 9.98. The van der Waals surface area contributed by atoms with E-state index in [4.69, 9.17) is 15.2 Å². The van der Waals surface area contributed by atoms with Gasteiger partial charge in [-0.25, -0.2) is 4.79 Å². The van der Waals surface area contributed by atoms with Crippen molar-refractivity contribution in [2.75, 3.05) is 39.5 Å². The Bertz CT molecular complexity index is 211. The Balaban J connectivity index is 2.00. The Morgan fingerprint density at radius 3 is 3.06 bits per heavy atom. The second-order valence-electron chi connectivity index (χ2n) is 4.06. The van der Waals surface area contributed by atoms with Gasteiger partial charge in [-0.15, -0.1) is 0 Å². The van der Waals surface area contributed by atoms with E-state index in [-0.39, 0.29) is 12.6 Å². The molecule has 5 heteroatoms. The van der Waals surface area contributed by atoms with Gasteiger partial charge < -0.3 is 15.2 Å². The van der Waals surface area contributed by atoms with Gasteiger partial charge in [0, 0.05) is 19.1 Å². The molecule has 16 heavy (non-hydrogen) atoms. The Morgan fingerprint density at radius 2 is 2.38 bits per heavy atom. The number of hydrogen-bond acceptors (Lipinski definition) is 5. The van der Waals surface area contributed by atoms with Crippen molar-refractivity contribution in [2.45, 2.75) is 25.8 Å². The SMILES string of the molecule is CCOC(=O)COCCN1CCCC(N)C1. The number of carbonyl (C=O) groups excluding carboxylic acids is 1. The maximum absolute atomic E-state index is 11.0. The van der Waals surface area contributed by atoms with Crippen LogP contribution in [-0.2, 0) is 14.3 Å². The van der Waals surface area contributed by atoms with Gasteiger partial charge in [-0.3, -0.25) is 4.90 Å². The summed E-state index contributed by atoms with van der Waals surface area (Å²) in [5, 5.41) is 0. The van der Waals surface area contributed by atoms with Crippen LogP contribution in [-0.4, -0.2) is 56.4 Å². The predicted molar refractivity (Wildman–Crippen MR) is 61.1 cm³/mol. The third-order valence-corrected chi connectivity index (χ3v) is 2.62. The fourth-order valence-corrected chi connectivity index (χ4v) is 1.85. The molecule has 1 unspecified atom stereocenters. The van der Waals surface area contributed by atoms with Crippen LogP contribution in [0.1, 0.15) is 19.8 Å². The maximum atomic E-state index is 11.0. The zero-order valence-corrected chi connectivity index (χ0v) is 9.98. The molecule has 0 radical (unpaired) electrons. The minimum absolute atomic E-state index is 0.0493. The van der Waals surface area contributed by atoms with E-state index in [1.54, 1.807) is 6.92 Å². The minimum atomic E-state index is -0.294. The molecule has 1 aliphatic rings. The second-order valence-corrected chi connectivity index (χ2v) is 4.06. The van der Waals surface area contributed by atoms with Crippen molar-refractivity contribution < 1.29 is 14.3 Å². The quantitative estimate of drug-likeness (QED) is 0.513. The van der Waals surface area contributed by atoms with Crippen molar-refractivity contribution in [3.05, 3.63) is 0 Å². The lowest BCUT2D eigenvalue weighted by Crippen LogP contribution is -2.44. The van der Waals surface area contributed by atoms with E-state index >= 15 is 0 Å². The van der Waals surface area contributed by atoms with Gasteiger partial charge in [-0.2, -0.15) is 0 Å². The van der Waals surface area contributed by atoms with E-state index < -0.39 is 0 Å². The predicted octanol–water partition coefficient (Wildman–Crippen LogP) is -0.0108. The first-order chi connectivity index (χ1) is 7.72. The van der Waals surface area contributed by atoms with Crippen molar-refractivity contribution in [1.82, 2.24) is 4.90 Å². The standard InChI is InChI=1S/C11H22N2O3/c1-2-16-11(14)9-15-7-6-13-5-3-4-10(12)8-13/h10H,2-9,12H2,1H3. The summed E-state index contributed by atoms with van der Waals surface area (Å²) in [5.41, 5.74) is 5.86. The fraction of sp³-hybridized carbons (Fsp3) is 0.909. The molecule has 1 fully saturated rings. The van der Waals surface area contributed by atoms with Crippen LogP contribution in [0.4, 0.5) is 0 Å². The number of esters is 1. The number of nitrogens with zero attached hydrogens (tertiary/aromatic N) is 1. The zero-order chi connectivity index (χ0) is 11.8. The van der Waals surface area contributed by atoms with Crippen molar-refractivity contribution in [3.63, 3.8) is 0 Å². The first-order valence-electron chi connectivity index (χ1n) is 5.93. The Labute approximate surface area is 96.9 Å². The number of likely N-dealkylation sites (tertiary alicyclic amines) is 1. The van der Waals surface area contributed by atoms with Gasteiger partial charge in [0.2, 0.25) is 0 Å². The highest BCUT2D eigenvalue weighted by Crippen LogP contribution is 2.07. The van der Waals surface area contributed by atoms with Crippen LogP contribution >= 0.6 is 0 Å². The monoisotopic (exact) mass is 230 g/mol. The van der Waals surface area contributed by atoms with E-state index in [1.807, 2.05) is 0 Å². The number of hydrogen-bond donors (Lipinski definition) is 1. The Morgan fingerprint density at radius 1 is 1.56 bits per heavy atom. The fourth-order valence-electron chi connectivity index (χ4n) is 1.85. The van der Waals surface area contributed by atoms with Crippen molar-refractivity contribution >= 4 is 5.97 Å². The van der Waals surface area contributed by atoms with E-state index in [2.05, 4.69) is 4.90 Å². The molecule has 1 rings (SSSR count). The van der Waals surface area contributed by atoms with E-state index in [9.17, 15) is 4.79 Å². The molecule has 0 saturated carbocycles. The van der Waals surface area contributed by atoms with Crippen molar-refractivity contribution in [3.8, 4) is 0 Å². The molecule has 2 N–H and O–H groups in total. The van der Waals surface area contributed by atoms with E-state index in [1.165, 1.54) is 0 Å². The Hall–Kier alpha value is -0.650. The summed E-state index contributed by atoms with van der Waals surface area (Å²) in [6, 6.07) is 0.291. The molecule has 0 amide bonds. The maximum Gasteiger partial charge on any atom is 0.332 e. The molecule has 0 spiro atoms. The molecule has 0 bridgehead atoms. The lowest BCUT2D eigenvalue weighted by atomic mass is 10.1. The number of ether oxygens (including phenoxy) is 2. The largest absolute Gasteiger partial charge is 0.464 e. The van der Waals surface area contributed by atoms with Crippen LogP contribution in [0.3, 0.4) is 0 Å². The topological polar surface area (TPSA) is 64.8 Å². The van der Waals surface area contributed by atoms with Gasteiger partial charge in [0.05, 0.1) is 13.2 Å². The van der Waals surface area contributed by atoms with Crippen LogP contribution < -0.4 is 5.73 Å². The number of piperidine rings is 1. The molecule has 0 aromatic carbocycles. The van der Waals surface area contributed by atoms with Crippen LogP contribution in [0.2, 0.25) is 0 Å². The molecule has 0 aliphatic carbocycles. The van der Waals surface area contributed by atoms with E-state index in [0.717, 1.165) is 32.5 Å². The first-order valence-corrected chi connectivity index (χ1v) is 5.93. The van der Waals surface area contributed by atoms with Gasteiger partial charge >= 0.3 is 5.97 Å². The average Bonchev–Trinajstić information content (AvgIpc) is 2.25. The lowest BCUT2D eigenvalue weighted by Gasteiger charge is -2.30. The van der Waals surface area contributed by atoms with Gasteiger partial charge in [-0.05, 0) is 26.3 Å². The summed E-state index contributed by atoms with van der Waals surface area (Å²) in [6.07, 6.45) is 2.26. The van der Waals surface area contributed by atoms with Crippen LogP contribution in [0.25, 0.3) is 0 Å². The number of carbonyl (C=O) groups is 1. The second kappa shape index (κ2) is 7.60. The summed E-state index contributed by atoms with van der Waals surface area (Å²) in [4.78, 5) is 13.2. The van der Waals surface area contributed by atoms with Gasteiger partial charge in [0.25, 0.3) is 0 Å². The molecule has 1 saturated heterocycles. The summed E-state index contributed by atoms with van der Waals surface area (Å²) >= 11 is 0. The first kappa shape index (κ1) is 13.4. The molecule has 1 atom stereocenters. The summed E-state index contributed by atoms with van der Waals surface area (Å²) in [5.74, 6) is -0.294. The molecule has 0 aromatic heterocycles. The molecule has 94 valence electrons.